The molecule has 5 nitrogen and oxygen atoms in total. The van der Waals surface area contributed by atoms with E-state index in [2.05, 4.69) is 4.98 Å². The van der Waals surface area contributed by atoms with Crippen molar-refractivity contribution < 1.29 is 9.53 Å². The average molecular weight is 295 g/mol. The Labute approximate surface area is 129 Å². The van der Waals surface area contributed by atoms with Gasteiger partial charge in [0, 0.05) is 30.7 Å². The van der Waals surface area contributed by atoms with E-state index >= 15 is 0 Å². The van der Waals surface area contributed by atoms with Crippen LogP contribution in [0.3, 0.4) is 0 Å². The lowest BCUT2D eigenvalue weighted by Crippen LogP contribution is -2.37. The van der Waals surface area contributed by atoms with Gasteiger partial charge in [-0.3, -0.25) is 9.78 Å². The van der Waals surface area contributed by atoms with Gasteiger partial charge in [0.05, 0.1) is 5.69 Å². The fourth-order valence-electron chi connectivity index (χ4n) is 2.39. The fraction of sp³-hybridized carbons (Fsp3) is 0.176. The average Bonchev–Trinajstić information content (AvgIpc) is 2.52. The molecule has 1 aromatic carbocycles. The number of pyridine rings is 1. The minimum atomic E-state index is -0.143. The van der Waals surface area contributed by atoms with Crippen LogP contribution in [-0.4, -0.2) is 17.4 Å². The summed E-state index contributed by atoms with van der Waals surface area (Å²) in [5, 5.41) is 0. The summed E-state index contributed by atoms with van der Waals surface area (Å²) < 4.78 is 5.78. The highest BCUT2D eigenvalue weighted by Gasteiger charge is 2.29. The lowest BCUT2D eigenvalue weighted by molar-refractivity contribution is -0.117. The van der Waals surface area contributed by atoms with E-state index in [1.54, 1.807) is 35.5 Å². The maximum absolute atomic E-state index is 12.7. The number of carbonyl (C=O) groups excluding carboxylic acids is 1. The summed E-state index contributed by atoms with van der Waals surface area (Å²) in [6.45, 7) is 2.67. The Kier molecular flexibility index (Phi) is 3.78. The third kappa shape index (κ3) is 2.65. The number of carbonyl (C=O) groups is 1. The van der Waals surface area contributed by atoms with Gasteiger partial charge in [0.15, 0.2) is 11.5 Å². The zero-order valence-corrected chi connectivity index (χ0v) is 12.3. The highest BCUT2D eigenvalue weighted by Crippen LogP contribution is 2.37. The molecule has 0 bridgehead atoms. The molecule has 2 heterocycles. The van der Waals surface area contributed by atoms with Crippen LogP contribution in [0.1, 0.15) is 18.9 Å². The number of nitrogens with two attached hydrogens (primary N) is 1. The SMILES string of the molecule is CCCN1C(=O)/C(=C\c2ccncc2)Oc2cc(N)ccc21. The van der Waals surface area contributed by atoms with Crippen LogP contribution in [0.2, 0.25) is 0 Å². The lowest BCUT2D eigenvalue weighted by atomic mass is 10.1. The van der Waals surface area contributed by atoms with Crippen molar-refractivity contribution in [1.82, 2.24) is 4.98 Å². The summed E-state index contributed by atoms with van der Waals surface area (Å²) in [5.41, 5.74) is 8.05. The lowest BCUT2D eigenvalue weighted by Gasteiger charge is -2.30. The zero-order valence-electron chi connectivity index (χ0n) is 12.3. The smallest absolute Gasteiger partial charge is 0.294 e. The molecule has 112 valence electrons. The Morgan fingerprint density at radius 1 is 1.27 bits per heavy atom. The first kappa shape index (κ1) is 14.1. The molecule has 1 aliphatic heterocycles. The van der Waals surface area contributed by atoms with Crippen molar-refractivity contribution in [3.8, 4) is 5.75 Å². The van der Waals surface area contributed by atoms with Crippen LogP contribution in [0.4, 0.5) is 11.4 Å². The second-order valence-electron chi connectivity index (χ2n) is 5.08. The van der Waals surface area contributed by atoms with Crippen LogP contribution in [0.15, 0.2) is 48.5 Å². The van der Waals surface area contributed by atoms with Crippen molar-refractivity contribution in [2.24, 2.45) is 0 Å². The number of aromatic nitrogens is 1. The number of ether oxygens (including phenoxy) is 1. The fourth-order valence-corrected chi connectivity index (χ4v) is 2.39. The molecule has 5 heteroatoms. The number of nitrogens with zero attached hydrogens (tertiary/aromatic N) is 2. The highest BCUT2D eigenvalue weighted by atomic mass is 16.5. The zero-order chi connectivity index (χ0) is 15.5. The first-order chi connectivity index (χ1) is 10.7. The molecule has 0 unspecified atom stereocenters. The quantitative estimate of drug-likeness (QED) is 0.698. The molecule has 0 radical (unpaired) electrons. The van der Waals surface area contributed by atoms with E-state index in [1.807, 2.05) is 25.1 Å². The van der Waals surface area contributed by atoms with E-state index in [0.29, 0.717) is 18.0 Å². The number of benzene rings is 1. The van der Waals surface area contributed by atoms with E-state index in [9.17, 15) is 4.79 Å². The third-order valence-electron chi connectivity index (χ3n) is 3.40. The van der Waals surface area contributed by atoms with Crippen LogP contribution in [0.25, 0.3) is 6.08 Å². The Morgan fingerprint density at radius 3 is 2.77 bits per heavy atom. The molecule has 2 aromatic rings. The van der Waals surface area contributed by atoms with Gasteiger partial charge in [-0.25, -0.2) is 0 Å². The topological polar surface area (TPSA) is 68.5 Å². The van der Waals surface area contributed by atoms with Crippen molar-refractivity contribution >= 4 is 23.4 Å². The van der Waals surface area contributed by atoms with Gasteiger partial charge in [0.2, 0.25) is 0 Å². The summed E-state index contributed by atoms with van der Waals surface area (Å²) in [5.74, 6) is 0.752. The molecule has 1 aromatic heterocycles. The maximum atomic E-state index is 12.7. The highest BCUT2D eigenvalue weighted by molar-refractivity contribution is 6.10. The second kappa shape index (κ2) is 5.89. The van der Waals surface area contributed by atoms with Crippen molar-refractivity contribution in [2.45, 2.75) is 13.3 Å². The van der Waals surface area contributed by atoms with Crippen LogP contribution >= 0.6 is 0 Å². The normalized spacial score (nSPS) is 15.6. The Morgan fingerprint density at radius 2 is 2.05 bits per heavy atom. The summed E-state index contributed by atoms with van der Waals surface area (Å²) in [7, 11) is 0. The predicted molar refractivity (Wildman–Crippen MR) is 86.3 cm³/mol. The Hall–Kier alpha value is -2.82. The third-order valence-corrected chi connectivity index (χ3v) is 3.40. The number of nitrogen functional groups attached to an aromatic ring is 1. The van der Waals surface area contributed by atoms with Gasteiger partial charge in [-0.15, -0.1) is 0 Å². The number of rotatable bonds is 3. The summed E-state index contributed by atoms with van der Waals surface area (Å²) in [6.07, 6.45) is 5.93. The molecule has 0 saturated carbocycles. The molecule has 0 aliphatic carbocycles. The van der Waals surface area contributed by atoms with Crippen LogP contribution in [0.5, 0.6) is 5.75 Å². The molecular weight excluding hydrogens is 278 g/mol. The van der Waals surface area contributed by atoms with Crippen LogP contribution < -0.4 is 15.4 Å². The minimum Gasteiger partial charge on any atom is -0.449 e. The van der Waals surface area contributed by atoms with Gasteiger partial charge in [0.25, 0.3) is 5.91 Å². The molecule has 0 fully saturated rings. The monoisotopic (exact) mass is 295 g/mol. The molecule has 1 aliphatic rings. The van der Waals surface area contributed by atoms with E-state index in [1.165, 1.54) is 0 Å². The number of anilines is 2. The van der Waals surface area contributed by atoms with Crippen molar-refractivity contribution in [1.29, 1.82) is 0 Å². The summed E-state index contributed by atoms with van der Waals surface area (Å²) in [6, 6.07) is 8.98. The van der Waals surface area contributed by atoms with Gasteiger partial charge < -0.3 is 15.4 Å². The first-order valence-corrected chi connectivity index (χ1v) is 7.20. The molecular formula is C17H17N3O2. The molecule has 0 atom stereocenters. The van der Waals surface area contributed by atoms with Crippen molar-refractivity contribution in [3.05, 3.63) is 54.0 Å². The van der Waals surface area contributed by atoms with E-state index in [-0.39, 0.29) is 11.7 Å². The first-order valence-electron chi connectivity index (χ1n) is 7.20. The van der Waals surface area contributed by atoms with Crippen LogP contribution in [0, 0.1) is 0 Å². The van der Waals surface area contributed by atoms with E-state index < -0.39 is 0 Å². The van der Waals surface area contributed by atoms with E-state index in [0.717, 1.165) is 17.7 Å². The number of hydrogen-bond acceptors (Lipinski definition) is 4. The Balaban J connectivity index is 2.04. The van der Waals surface area contributed by atoms with Gasteiger partial charge >= 0.3 is 0 Å². The number of amides is 1. The molecule has 22 heavy (non-hydrogen) atoms. The van der Waals surface area contributed by atoms with Crippen molar-refractivity contribution in [3.63, 3.8) is 0 Å². The molecule has 0 spiro atoms. The van der Waals surface area contributed by atoms with Crippen LogP contribution in [-0.2, 0) is 4.79 Å². The summed E-state index contributed by atoms with van der Waals surface area (Å²) in [4.78, 5) is 18.3. The van der Waals surface area contributed by atoms with E-state index in [4.69, 9.17) is 10.5 Å². The van der Waals surface area contributed by atoms with Gasteiger partial charge in [0.1, 0.15) is 0 Å². The number of hydrogen-bond donors (Lipinski definition) is 1. The minimum absolute atomic E-state index is 0.143. The standard InChI is InChI=1S/C17H17N3O2/c1-2-9-20-14-4-3-13(18)11-15(14)22-16(17(20)21)10-12-5-7-19-8-6-12/h3-8,10-11H,2,9,18H2,1H3/b16-10+. The second-order valence-corrected chi connectivity index (χ2v) is 5.08. The predicted octanol–water partition coefficient (Wildman–Crippen LogP) is 2.84. The largest absolute Gasteiger partial charge is 0.449 e. The molecule has 0 saturated heterocycles. The number of fused-ring (bicyclic) bond motifs is 1. The van der Waals surface area contributed by atoms with Crippen molar-refractivity contribution in [2.75, 3.05) is 17.2 Å². The molecule has 1 amide bonds. The molecule has 3 rings (SSSR count). The maximum Gasteiger partial charge on any atom is 0.294 e. The summed E-state index contributed by atoms with van der Waals surface area (Å²) >= 11 is 0. The Bertz CT molecular complexity index is 726. The van der Waals surface area contributed by atoms with Gasteiger partial charge in [-0.05, 0) is 42.3 Å². The van der Waals surface area contributed by atoms with Gasteiger partial charge in [-0.2, -0.15) is 0 Å². The van der Waals surface area contributed by atoms with Gasteiger partial charge in [-0.1, -0.05) is 6.92 Å². The molecule has 2 N–H and O–H groups in total.